The van der Waals surface area contributed by atoms with Crippen LogP contribution in [0, 0.1) is 5.82 Å². The first-order chi connectivity index (χ1) is 12.6. The first-order valence-electron chi connectivity index (χ1n) is 8.86. The summed E-state index contributed by atoms with van der Waals surface area (Å²) in [5.41, 5.74) is 1.48. The number of rotatable bonds is 6. The maximum Gasteiger partial charge on any atom is 0.276 e. The van der Waals surface area contributed by atoms with E-state index in [9.17, 15) is 14.0 Å². The summed E-state index contributed by atoms with van der Waals surface area (Å²) in [4.78, 5) is 30.5. The second kappa shape index (κ2) is 8.12. The number of nitrogens with zero attached hydrogens (tertiary/aromatic N) is 2. The number of aromatic nitrogens is 1. The van der Waals surface area contributed by atoms with Crippen LogP contribution in [0.2, 0.25) is 0 Å². The minimum atomic E-state index is -0.424. The van der Waals surface area contributed by atoms with E-state index in [1.54, 1.807) is 11.0 Å². The zero-order valence-electron chi connectivity index (χ0n) is 14.7. The normalized spacial score (nSPS) is 16.7. The number of halogens is 1. The maximum atomic E-state index is 13.4. The Kier molecular flexibility index (Phi) is 5.65. The molecule has 6 nitrogen and oxygen atoms in total. The third kappa shape index (κ3) is 3.92. The average Bonchev–Trinajstić information content (AvgIpc) is 3.33. The van der Waals surface area contributed by atoms with Crippen LogP contribution in [-0.2, 0) is 6.42 Å². The van der Waals surface area contributed by atoms with Crippen molar-refractivity contribution in [3.8, 4) is 0 Å². The third-order valence-corrected chi connectivity index (χ3v) is 4.75. The number of hydrogen-bond acceptors (Lipinski definition) is 4. The van der Waals surface area contributed by atoms with Crippen LogP contribution in [-0.4, -0.2) is 40.8 Å². The summed E-state index contributed by atoms with van der Waals surface area (Å²) in [7, 11) is 0. The molecule has 2 heterocycles. The number of oxazole rings is 1. The quantitative estimate of drug-likeness (QED) is 0.861. The van der Waals surface area contributed by atoms with Gasteiger partial charge in [0.2, 0.25) is 0 Å². The number of aryl methyl sites for hydroxylation is 1. The number of amides is 2. The Morgan fingerprint density at radius 2 is 2.27 bits per heavy atom. The second-order valence-corrected chi connectivity index (χ2v) is 6.37. The SMILES string of the molecule is CCc1ccc(F)cc1C(=O)NCC[C@H]1CCCN1C(=O)c1cocn1. The largest absolute Gasteiger partial charge is 0.451 e. The van der Waals surface area contributed by atoms with Gasteiger partial charge in [-0.1, -0.05) is 13.0 Å². The fourth-order valence-corrected chi connectivity index (χ4v) is 3.38. The number of hydrogen-bond donors (Lipinski definition) is 1. The Morgan fingerprint density at radius 1 is 1.42 bits per heavy atom. The van der Waals surface area contributed by atoms with Crippen LogP contribution >= 0.6 is 0 Å². The highest BCUT2D eigenvalue weighted by Crippen LogP contribution is 2.22. The molecule has 1 atom stereocenters. The van der Waals surface area contributed by atoms with Crippen LogP contribution in [0.5, 0.6) is 0 Å². The molecule has 1 aliphatic heterocycles. The summed E-state index contributed by atoms with van der Waals surface area (Å²) in [5.74, 6) is -0.854. The summed E-state index contributed by atoms with van der Waals surface area (Å²) in [6.45, 7) is 3.02. The van der Waals surface area contributed by atoms with E-state index < -0.39 is 5.82 Å². The van der Waals surface area contributed by atoms with Crippen molar-refractivity contribution in [3.63, 3.8) is 0 Å². The molecule has 26 heavy (non-hydrogen) atoms. The van der Waals surface area contributed by atoms with E-state index in [1.165, 1.54) is 24.8 Å². The lowest BCUT2D eigenvalue weighted by Gasteiger charge is -2.24. The highest BCUT2D eigenvalue weighted by Gasteiger charge is 2.30. The Morgan fingerprint density at radius 3 is 3.00 bits per heavy atom. The Balaban J connectivity index is 1.56. The lowest BCUT2D eigenvalue weighted by Crippen LogP contribution is -2.38. The number of carbonyl (C=O) groups excluding carboxylic acids is 2. The standard InChI is InChI=1S/C19H22FN3O3/c1-2-13-5-6-14(20)10-16(13)18(24)21-8-7-15-4-3-9-23(15)19(25)17-11-26-12-22-17/h5-6,10-12,15H,2-4,7-9H2,1H3,(H,21,24)/t15-/m1/s1. The molecular weight excluding hydrogens is 337 g/mol. The molecule has 3 rings (SSSR count). The summed E-state index contributed by atoms with van der Waals surface area (Å²) in [6, 6.07) is 4.32. The van der Waals surface area contributed by atoms with E-state index in [1.807, 2.05) is 6.92 Å². The van der Waals surface area contributed by atoms with Gasteiger partial charge in [-0.3, -0.25) is 9.59 Å². The van der Waals surface area contributed by atoms with Crippen molar-refractivity contribution in [1.82, 2.24) is 15.2 Å². The Labute approximate surface area is 151 Å². The topological polar surface area (TPSA) is 75.4 Å². The molecule has 0 spiro atoms. The summed E-state index contributed by atoms with van der Waals surface area (Å²) in [6.07, 6.45) is 5.70. The van der Waals surface area contributed by atoms with Gasteiger partial charge in [0.1, 0.15) is 12.1 Å². The van der Waals surface area contributed by atoms with Gasteiger partial charge in [-0.05, 0) is 43.4 Å². The number of carbonyl (C=O) groups is 2. The van der Waals surface area contributed by atoms with E-state index in [0.717, 1.165) is 18.4 Å². The molecule has 1 aliphatic rings. The van der Waals surface area contributed by atoms with Crippen LogP contribution in [0.15, 0.2) is 35.3 Å². The average molecular weight is 359 g/mol. The van der Waals surface area contributed by atoms with Crippen LogP contribution < -0.4 is 5.32 Å². The molecule has 0 aliphatic carbocycles. The van der Waals surface area contributed by atoms with Gasteiger partial charge >= 0.3 is 0 Å². The molecule has 1 aromatic heterocycles. The molecule has 0 saturated carbocycles. The van der Waals surface area contributed by atoms with E-state index in [0.29, 0.717) is 37.2 Å². The molecular formula is C19H22FN3O3. The monoisotopic (exact) mass is 359 g/mol. The minimum absolute atomic E-state index is 0.0534. The molecule has 1 aromatic carbocycles. The van der Waals surface area contributed by atoms with Crippen LogP contribution in [0.1, 0.15) is 52.6 Å². The molecule has 1 fully saturated rings. The second-order valence-electron chi connectivity index (χ2n) is 6.37. The van der Waals surface area contributed by atoms with Crippen LogP contribution in [0.4, 0.5) is 4.39 Å². The first-order valence-corrected chi connectivity index (χ1v) is 8.86. The molecule has 0 radical (unpaired) electrons. The van der Waals surface area contributed by atoms with E-state index in [-0.39, 0.29) is 17.9 Å². The molecule has 2 amide bonds. The van der Waals surface area contributed by atoms with Crippen molar-refractivity contribution in [2.45, 2.75) is 38.6 Å². The Hall–Kier alpha value is -2.70. The predicted octanol–water partition coefficient (Wildman–Crippen LogP) is 2.80. The molecule has 2 aromatic rings. The fraction of sp³-hybridized carbons (Fsp3) is 0.421. The Bertz CT molecular complexity index is 776. The van der Waals surface area contributed by atoms with Crippen molar-refractivity contribution in [1.29, 1.82) is 0 Å². The number of nitrogens with one attached hydrogen (secondary N) is 1. The van der Waals surface area contributed by atoms with Crippen molar-refractivity contribution in [2.24, 2.45) is 0 Å². The molecule has 0 unspecified atom stereocenters. The van der Waals surface area contributed by atoms with Gasteiger partial charge in [0.05, 0.1) is 0 Å². The van der Waals surface area contributed by atoms with Gasteiger partial charge in [0.15, 0.2) is 12.1 Å². The van der Waals surface area contributed by atoms with Crippen LogP contribution in [0.3, 0.4) is 0 Å². The fourth-order valence-electron chi connectivity index (χ4n) is 3.38. The van der Waals surface area contributed by atoms with Crippen LogP contribution in [0.25, 0.3) is 0 Å². The van der Waals surface area contributed by atoms with Gasteiger partial charge in [0, 0.05) is 24.7 Å². The van der Waals surface area contributed by atoms with Crippen molar-refractivity contribution in [3.05, 3.63) is 53.5 Å². The molecule has 7 heteroatoms. The number of likely N-dealkylation sites (tertiary alicyclic amines) is 1. The highest BCUT2D eigenvalue weighted by atomic mass is 19.1. The van der Waals surface area contributed by atoms with Gasteiger partial charge in [-0.25, -0.2) is 9.37 Å². The molecule has 0 bridgehead atoms. The van der Waals surface area contributed by atoms with Gasteiger partial charge in [-0.2, -0.15) is 0 Å². The molecule has 1 saturated heterocycles. The van der Waals surface area contributed by atoms with Gasteiger partial charge < -0.3 is 14.6 Å². The lowest BCUT2D eigenvalue weighted by atomic mass is 10.0. The smallest absolute Gasteiger partial charge is 0.276 e. The minimum Gasteiger partial charge on any atom is -0.451 e. The zero-order chi connectivity index (χ0) is 18.5. The maximum absolute atomic E-state index is 13.4. The van der Waals surface area contributed by atoms with Gasteiger partial charge in [0.25, 0.3) is 11.8 Å². The molecule has 1 N–H and O–H groups in total. The summed E-state index contributed by atoms with van der Waals surface area (Å²) < 4.78 is 18.3. The van der Waals surface area contributed by atoms with E-state index in [4.69, 9.17) is 4.42 Å². The summed E-state index contributed by atoms with van der Waals surface area (Å²) >= 11 is 0. The molecule has 138 valence electrons. The van der Waals surface area contributed by atoms with Crippen molar-refractivity contribution in [2.75, 3.05) is 13.1 Å². The van der Waals surface area contributed by atoms with E-state index >= 15 is 0 Å². The first kappa shape index (κ1) is 18.1. The van der Waals surface area contributed by atoms with Crippen molar-refractivity contribution < 1.29 is 18.4 Å². The zero-order valence-corrected chi connectivity index (χ0v) is 14.7. The predicted molar refractivity (Wildman–Crippen MR) is 93.3 cm³/mol. The highest BCUT2D eigenvalue weighted by molar-refractivity contribution is 5.95. The number of benzene rings is 1. The third-order valence-electron chi connectivity index (χ3n) is 4.75. The van der Waals surface area contributed by atoms with E-state index in [2.05, 4.69) is 10.3 Å². The van der Waals surface area contributed by atoms with Crippen molar-refractivity contribution >= 4 is 11.8 Å². The van der Waals surface area contributed by atoms with Gasteiger partial charge in [-0.15, -0.1) is 0 Å². The summed E-state index contributed by atoms with van der Waals surface area (Å²) in [5, 5.41) is 2.84. The lowest BCUT2D eigenvalue weighted by molar-refractivity contribution is 0.0724.